The van der Waals surface area contributed by atoms with Crippen molar-refractivity contribution < 1.29 is 21.6 Å². The first-order valence-corrected chi connectivity index (χ1v) is 9.44. The van der Waals surface area contributed by atoms with Crippen LogP contribution in [0.15, 0.2) is 36.4 Å². The highest BCUT2D eigenvalue weighted by atomic mass is 35.5. The molecule has 0 spiro atoms. The maximum absolute atomic E-state index is 13.3. The molecule has 0 aliphatic rings. The molecular formula is C16H16ClF3N2O2S. The first-order valence-electron chi connectivity index (χ1n) is 7.17. The molecule has 0 bridgehead atoms. The number of rotatable bonds is 5. The number of sulfonamides is 1. The van der Waals surface area contributed by atoms with Crippen LogP contribution in [0.1, 0.15) is 11.1 Å². The lowest BCUT2D eigenvalue weighted by atomic mass is 9.97. The summed E-state index contributed by atoms with van der Waals surface area (Å²) in [5.74, 6) is 0. The molecule has 0 atom stereocenters. The number of hydrogen-bond acceptors (Lipinski definition) is 3. The molecule has 25 heavy (non-hydrogen) atoms. The predicted octanol–water partition coefficient (Wildman–Crippen LogP) is 3.70. The second-order valence-electron chi connectivity index (χ2n) is 5.54. The number of nitrogen functional groups attached to an aromatic ring is 1. The molecule has 0 aliphatic heterocycles. The quantitative estimate of drug-likeness (QED) is 0.762. The van der Waals surface area contributed by atoms with Crippen molar-refractivity contribution in [2.24, 2.45) is 0 Å². The molecule has 3 N–H and O–H groups in total. The van der Waals surface area contributed by atoms with E-state index in [1.54, 1.807) is 12.1 Å². The monoisotopic (exact) mass is 392 g/mol. The number of benzene rings is 2. The van der Waals surface area contributed by atoms with Crippen molar-refractivity contribution in [3.63, 3.8) is 0 Å². The van der Waals surface area contributed by atoms with Gasteiger partial charge in [0.2, 0.25) is 10.0 Å². The van der Waals surface area contributed by atoms with E-state index >= 15 is 0 Å². The van der Waals surface area contributed by atoms with E-state index in [1.165, 1.54) is 18.2 Å². The van der Waals surface area contributed by atoms with Crippen LogP contribution in [-0.2, 0) is 22.6 Å². The average Bonchev–Trinajstić information content (AvgIpc) is 2.45. The summed E-state index contributed by atoms with van der Waals surface area (Å²) in [5, 5.41) is -0.0844. The summed E-state index contributed by atoms with van der Waals surface area (Å²) in [6.07, 6.45) is -3.13. The molecule has 0 unspecified atom stereocenters. The van der Waals surface area contributed by atoms with Crippen molar-refractivity contribution >= 4 is 27.3 Å². The number of anilines is 1. The van der Waals surface area contributed by atoms with Crippen LogP contribution in [0.25, 0.3) is 11.1 Å². The molecule has 9 heteroatoms. The van der Waals surface area contributed by atoms with Crippen LogP contribution in [0.3, 0.4) is 0 Å². The van der Waals surface area contributed by atoms with Crippen LogP contribution >= 0.6 is 11.6 Å². The molecule has 0 saturated heterocycles. The van der Waals surface area contributed by atoms with E-state index in [2.05, 4.69) is 4.72 Å². The maximum Gasteiger partial charge on any atom is 0.417 e. The van der Waals surface area contributed by atoms with E-state index in [4.69, 9.17) is 17.3 Å². The van der Waals surface area contributed by atoms with Gasteiger partial charge < -0.3 is 5.73 Å². The Balaban J connectivity index is 2.31. The Bertz CT molecular complexity index is 866. The molecule has 136 valence electrons. The largest absolute Gasteiger partial charge is 0.417 e. The van der Waals surface area contributed by atoms with Gasteiger partial charge in [0.25, 0.3) is 0 Å². The third-order valence-electron chi connectivity index (χ3n) is 3.44. The van der Waals surface area contributed by atoms with Crippen LogP contribution in [0.4, 0.5) is 18.9 Å². The Kier molecular flexibility index (Phi) is 5.65. The Hall–Kier alpha value is -1.77. The minimum Gasteiger partial charge on any atom is -0.399 e. The fraction of sp³-hybridized carbons (Fsp3) is 0.250. The number of alkyl halides is 3. The minimum atomic E-state index is -4.59. The van der Waals surface area contributed by atoms with Crippen molar-refractivity contribution in [2.45, 2.75) is 12.6 Å². The van der Waals surface area contributed by atoms with E-state index in [-0.39, 0.29) is 22.8 Å². The van der Waals surface area contributed by atoms with Gasteiger partial charge >= 0.3 is 6.18 Å². The van der Waals surface area contributed by atoms with Gasteiger partial charge in [0, 0.05) is 17.8 Å². The van der Waals surface area contributed by atoms with Crippen molar-refractivity contribution in [2.75, 3.05) is 18.5 Å². The number of nitrogens with one attached hydrogen (secondary N) is 1. The molecule has 0 aromatic heterocycles. The summed E-state index contributed by atoms with van der Waals surface area (Å²) in [7, 11) is -3.28. The van der Waals surface area contributed by atoms with Crippen LogP contribution in [-0.4, -0.2) is 21.2 Å². The first kappa shape index (κ1) is 19.6. The topological polar surface area (TPSA) is 72.2 Å². The van der Waals surface area contributed by atoms with Crippen molar-refractivity contribution in [3.8, 4) is 11.1 Å². The maximum atomic E-state index is 13.3. The summed E-state index contributed by atoms with van der Waals surface area (Å²) in [5.41, 5.74) is 5.46. The van der Waals surface area contributed by atoms with Crippen LogP contribution in [0.5, 0.6) is 0 Å². The van der Waals surface area contributed by atoms with Crippen molar-refractivity contribution in [1.29, 1.82) is 0 Å². The number of halogens is 4. The van der Waals surface area contributed by atoms with Crippen molar-refractivity contribution in [1.82, 2.24) is 4.72 Å². The molecule has 2 aromatic rings. The molecule has 0 amide bonds. The number of nitrogens with two attached hydrogens (primary N) is 1. The zero-order valence-electron chi connectivity index (χ0n) is 13.2. The zero-order valence-corrected chi connectivity index (χ0v) is 14.8. The molecule has 0 saturated carbocycles. The van der Waals surface area contributed by atoms with Crippen molar-refractivity contribution in [3.05, 3.63) is 52.5 Å². The number of hydrogen-bond donors (Lipinski definition) is 2. The Morgan fingerprint density at radius 1 is 1.16 bits per heavy atom. The van der Waals surface area contributed by atoms with E-state index in [9.17, 15) is 21.6 Å². The second-order valence-corrected chi connectivity index (χ2v) is 7.78. The standard InChI is InChI=1S/C16H16ClF3N2O2S/c1-25(23,24)22-7-6-10-2-4-11(5-3-10)15-13(16(18,19)20)8-12(21)9-14(15)17/h2-5,8-9,22H,6-7,21H2,1H3. The molecule has 2 aromatic carbocycles. The van der Waals surface area contributed by atoms with E-state index in [1.807, 2.05) is 0 Å². The average molecular weight is 393 g/mol. The fourth-order valence-corrected chi connectivity index (χ4v) is 3.17. The minimum absolute atomic E-state index is 0.0652. The second kappa shape index (κ2) is 7.23. The van der Waals surface area contributed by atoms with E-state index < -0.39 is 21.8 Å². The van der Waals surface area contributed by atoms with Gasteiger partial charge in [-0.1, -0.05) is 35.9 Å². The lowest BCUT2D eigenvalue weighted by Gasteiger charge is -2.16. The third-order valence-corrected chi connectivity index (χ3v) is 4.47. The highest BCUT2D eigenvalue weighted by Gasteiger charge is 2.35. The fourth-order valence-electron chi connectivity index (χ4n) is 2.36. The zero-order chi connectivity index (χ0) is 18.8. The summed E-state index contributed by atoms with van der Waals surface area (Å²) >= 11 is 5.99. The molecular weight excluding hydrogens is 377 g/mol. The summed E-state index contributed by atoms with van der Waals surface area (Å²) in [6, 6.07) is 8.42. The van der Waals surface area contributed by atoms with Crippen LogP contribution in [0, 0.1) is 0 Å². The van der Waals surface area contributed by atoms with Gasteiger partial charge in [0.1, 0.15) is 0 Å². The highest BCUT2D eigenvalue weighted by molar-refractivity contribution is 7.88. The normalized spacial score (nSPS) is 12.4. The molecule has 0 radical (unpaired) electrons. The lowest BCUT2D eigenvalue weighted by Crippen LogP contribution is -2.24. The molecule has 0 fully saturated rings. The third kappa shape index (κ3) is 5.35. The van der Waals surface area contributed by atoms with Gasteiger partial charge in [-0.15, -0.1) is 0 Å². The Morgan fingerprint density at radius 2 is 1.76 bits per heavy atom. The Labute approximate surface area is 148 Å². The highest BCUT2D eigenvalue weighted by Crippen LogP contribution is 2.42. The van der Waals surface area contributed by atoms with E-state index in [0.29, 0.717) is 12.0 Å². The summed E-state index contributed by atoms with van der Waals surface area (Å²) in [4.78, 5) is 0. The molecule has 2 rings (SSSR count). The Morgan fingerprint density at radius 3 is 2.28 bits per heavy atom. The van der Waals surface area contributed by atoms with Gasteiger partial charge in [-0.2, -0.15) is 13.2 Å². The van der Waals surface area contributed by atoms with Gasteiger partial charge in [0.05, 0.1) is 16.8 Å². The predicted molar refractivity (Wildman–Crippen MR) is 92.9 cm³/mol. The van der Waals surface area contributed by atoms with Gasteiger partial charge in [-0.25, -0.2) is 13.1 Å². The first-order chi connectivity index (χ1) is 11.5. The SMILES string of the molecule is CS(=O)(=O)NCCc1ccc(-c2c(Cl)cc(N)cc2C(F)(F)F)cc1. The molecule has 0 heterocycles. The van der Waals surface area contributed by atoms with Crippen LogP contribution < -0.4 is 10.5 Å². The van der Waals surface area contributed by atoms with Gasteiger partial charge in [-0.05, 0) is 29.7 Å². The summed E-state index contributed by atoms with van der Waals surface area (Å²) < 4.78 is 64.2. The summed E-state index contributed by atoms with van der Waals surface area (Å²) in [6.45, 7) is 0.203. The smallest absolute Gasteiger partial charge is 0.399 e. The van der Waals surface area contributed by atoms with Crippen LogP contribution in [0.2, 0.25) is 5.02 Å². The van der Waals surface area contributed by atoms with E-state index in [0.717, 1.165) is 17.9 Å². The molecule has 4 nitrogen and oxygen atoms in total. The van der Waals surface area contributed by atoms with Gasteiger partial charge in [-0.3, -0.25) is 0 Å². The molecule has 0 aliphatic carbocycles. The lowest BCUT2D eigenvalue weighted by molar-refractivity contribution is -0.137. The van der Waals surface area contributed by atoms with Gasteiger partial charge in [0.15, 0.2) is 0 Å².